The van der Waals surface area contributed by atoms with Crippen molar-refractivity contribution in [2.45, 2.75) is 25.7 Å². The molecule has 0 bridgehead atoms. The van der Waals surface area contributed by atoms with Crippen LogP contribution < -0.4 is 5.32 Å². The fraction of sp³-hybridized carbons (Fsp3) is 0.615. The fourth-order valence-corrected chi connectivity index (χ4v) is 2.40. The molecule has 94 valence electrons. The SMILES string of the molecule is Clc1cc(NCCCN2CCCCC2)ccn1. The van der Waals surface area contributed by atoms with Gasteiger partial charge in [0.1, 0.15) is 5.15 Å². The van der Waals surface area contributed by atoms with Gasteiger partial charge in [-0.25, -0.2) is 4.98 Å². The number of anilines is 1. The van der Waals surface area contributed by atoms with Crippen molar-refractivity contribution in [3.63, 3.8) is 0 Å². The van der Waals surface area contributed by atoms with Crippen LogP contribution in [0.25, 0.3) is 0 Å². The molecule has 1 saturated heterocycles. The Bertz CT molecular complexity index is 337. The summed E-state index contributed by atoms with van der Waals surface area (Å²) in [6.45, 7) is 4.75. The molecule has 0 aromatic carbocycles. The highest BCUT2D eigenvalue weighted by Crippen LogP contribution is 2.12. The van der Waals surface area contributed by atoms with Gasteiger partial charge in [-0.15, -0.1) is 0 Å². The second-order valence-electron chi connectivity index (χ2n) is 4.55. The first-order valence-corrected chi connectivity index (χ1v) is 6.80. The highest BCUT2D eigenvalue weighted by atomic mass is 35.5. The standard InChI is InChI=1S/C13H20ClN3/c14-13-11-12(5-7-16-13)15-6-4-10-17-8-2-1-3-9-17/h5,7,11H,1-4,6,8-10H2,(H,15,16). The van der Waals surface area contributed by atoms with Gasteiger partial charge in [-0.1, -0.05) is 18.0 Å². The Hall–Kier alpha value is -0.800. The van der Waals surface area contributed by atoms with Gasteiger partial charge < -0.3 is 10.2 Å². The summed E-state index contributed by atoms with van der Waals surface area (Å²) in [6, 6.07) is 3.81. The topological polar surface area (TPSA) is 28.2 Å². The van der Waals surface area contributed by atoms with E-state index in [9.17, 15) is 0 Å². The minimum absolute atomic E-state index is 0.547. The average Bonchev–Trinajstić information content (AvgIpc) is 2.36. The van der Waals surface area contributed by atoms with Gasteiger partial charge in [-0.3, -0.25) is 0 Å². The van der Waals surface area contributed by atoms with E-state index in [-0.39, 0.29) is 0 Å². The summed E-state index contributed by atoms with van der Waals surface area (Å²) in [5.74, 6) is 0. The highest BCUT2D eigenvalue weighted by molar-refractivity contribution is 6.29. The molecule has 2 rings (SSSR count). The van der Waals surface area contributed by atoms with Gasteiger partial charge in [0.15, 0.2) is 0 Å². The van der Waals surface area contributed by atoms with E-state index in [0.717, 1.165) is 12.2 Å². The number of piperidine rings is 1. The molecule has 1 N–H and O–H groups in total. The van der Waals surface area contributed by atoms with Crippen molar-refractivity contribution < 1.29 is 0 Å². The van der Waals surface area contributed by atoms with E-state index in [2.05, 4.69) is 15.2 Å². The number of halogens is 1. The third-order valence-electron chi connectivity index (χ3n) is 3.16. The number of hydrogen-bond acceptors (Lipinski definition) is 3. The van der Waals surface area contributed by atoms with E-state index in [1.807, 2.05) is 12.1 Å². The molecule has 4 heteroatoms. The fourth-order valence-electron chi connectivity index (χ4n) is 2.23. The van der Waals surface area contributed by atoms with Crippen LogP contribution in [0.4, 0.5) is 5.69 Å². The van der Waals surface area contributed by atoms with Gasteiger partial charge in [-0.2, -0.15) is 0 Å². The lowest BCUT2D eigenvalue weighted by Gasteiger charge is -2.26. The molecule has 0 unspecified atom stereocenters. The Kier molecular flexibility index (Phi) is 5.08. The molecule has 0 aliphatic carbocycles. The second-order valence-corrected chi connectivity index (χ2v) is 4.94. The molecule has 17 heavy (non-hydrogen) atoms. The van der Waals surface area contributed by atoms with E-state index >= 15 is 0 Å². The molecule has 0 radical (unpaired) electrons. The number of nitrogens with zero attached hydrogens (tertiary/aromatic N) is 2. The van der Waals surface area contributed by atoms with Crippen molar-refractivity contribution in [1.82, 2.24) is 9.88 Å². The first kappa shape index (κ1) is 12.7. The van der Waals surface area contributed by atoms with Gasteiger partial charge in [0.05, 0.1) is 0 Å². The van der Waals surface area contributed by atoms with Gasteiger partial charge in [0.2, 0.25) is 0 Å². The van der Waals surface area contributed by atoms with Crippen molar-refractivity contribution in [3.8, 4) is 0 Å². The van der Waals surface area contributed by atoms with E-state index in [1.54, 1.807) is 6.20 Å². The van der Waals surface area contributed by atoms with Gasteiger partial charge in [0.25, 0.3) is 0 Å². The second kappa shape index (κ2) is 6.82. The van der Waals surface area contributed by atoms with Crippen LogP contribution >= 0.6 is 11.6 Å². The monoisotopic (exact) mass is 253 g/mol. The molecule has 1 aromatic rings. The maximum Gasteiger partial charge on any atom is 0.131 e. The van der Waals surface area contributed by atoms with Crippen molar-refractivity contribution in [1.29, 1.82) is 0 Å². The number of pyridine rings is 1. The van der Waals surface area contributed by atoms with Crippen molar-refractivity contribution in [3.05, 3.63) is 23.5 Å². The first-order chi connectivity index (χ1) is 8.34. The summed E-state index contributed by atoms with van der Waals surface area (Å²) in [4.78, 5) is 6.52. The van der Waals surface area contributed by atoms with Crippen LogP contribution in [0, 0.1) is 0 Å². The van der Waals surface area contributed by atoms with Gasteiger partial charge in [0, 0.05) is 18.4 Å². The van der Waals surface area contributed by atoms with E-state index in [0.29, 0.717) is 5.15 Å². The maximum absolute atomic E-state index is 5.82. The highest BCUT2D eigenvalue weighted by Gasteiger charge is 2.08. The van der Waals surface area contributed by atoms with E-state index < -0.39 is 0 Å². The predicted octanol–water partition coefficient (Wildman–Crippen LogP) is 3.02. The summed E-state index contributed by atoms with van der Waals surface area (Å²) in [5.41, 5.74) is 1.06. The number of hydrogen-bond donors (Lipinski definition) is 1. The third kappa shape index (κ3) is 4.52. The molecule has 1 aromatic heterocycles. The molecule has 3 nitrogen and oxygen atoms in total. The Balaban J connectivity index is 1.62. The Morgan fingerprint density at radius 1 is 1.29 bits per heavy atom. The maximum atomic E-state index is 5.82. The molecular weight excluding hydrogens is 234 g/mol. The third-order valence-corrected chi connectivity index (χ3v) is 3.36. The number of rotatable bonds is 5. The minimum Gasteiger partial charge on any atom is -0.385 e. The lowest BCUT2D eigenvalue weighted by Crippen LogP contribution is -2.31. The van der Waals surface area contributed by atoms with E-state index in [4.69, 9.17) is 11.6 Å². The zero-order chi connectivity index (χ0) is 11.9. The summed E-state index contributed by atoms with van der Waals surface area (Å²) < 4.78 is 0. The first-order valence-electron chi connectivity index (χ1n) is 6.42. The largest absolute Gasteiger partial charge is 0.385 e. The molecule has 0 saturated carbocycles. The summed E-state index contributed by atoms with van der Waals surface area (Å²) in [6.07, 6.45) is 7.06. The Morgan fingerprint density at radius 3 is 2.88 bits per heavy atom. The molecule has 0 amide bonds. The lowest BCUT2D eigenvalue weighted by atomic mass is 10.1. The molecule has 0 spiro atoms. The number of likely N-dealkylation sites (tertiary alicyclic amines) is 1. The smallest absolute Gasteiger partial charge is 0.131 e. The zero-order valence-corrected chi connectivity index (χ0v) is 10.9. The quantitative estimate of drug-likeness (QED) is 0.646. The molecule has 1 aliphatic rings. The van der Waals surface area contributed by atoms with Crippen LogP contribution in [-0.4, -0.2) is 36.1 Å². The lowest BCUT2D eigenvalue weighted by molar-refractivity contribution is 0.228. The van der Waals surface area contributed by atoms with E-state index in [1.165, 1.54) is 45.3 Å². The normalized spacial score (nSPS) is 17.0. The van der Waals surface area contributed by atoms with Crippen molar-refractivity contribution in [2.75, 3.05) is 31.5 Å². The van der Waals surface area contributed by atoms with Crippen LogP contribution in [0.15, 0.2) is 18.3 Å². The number of nitrogens with one attached hydrogen (secondary N) is 1. The van der Waals surface area contributed by atoms with Crippen molar-refractivity contribution in [2.24, 2.45) is 0 Å². The average molecular weight is 254 g/mol. The molecular formula is C13H20ClN3. The minimum atomic E-state index is 0.547. The number of aromatic nitrogens is 1. The molecule has 2 heterocycles. The van der Waals surface area contributed by atoms with Crippen LogP contribution in [0.5, 0.6) is 0 Å². The van der Waals surface area contributed by atoms with Crippen LogP contribution in [0.3, 0.4) is 0 Å². The summed E-state index contributed by atoms with van der Waals surface area (Å²) in [7, 11) is 0. The van der Waals surface area contributed by atoms with Crippen LogP contribution in [0.2, 0.25) is 5.15 Å². The molecule has 1 fully saturated rings. The zero-order valence-electron chi connectivity index (χ0n) is 10.2. The predicted molar refractivity (Wildman–Crippen MR) is 72.6 cm³/mol. The van der Waals surface area contributed by atoms with Gasteiger partial charge >= 0.3 is 0 Å². The summed E-state index contributed by atoms with van der Waals surface area (Å²) >= 11 is 5.82. The van der Waals surface area contributed by atoms with Gasteiger partial charge in [-0.05, 0) is 51.0 Å². The van der Waals surface area contributed by atoms with Crippen LogP contribution in [-0.2, 0) is 0 Å². The summed E-state index contributed by atoms with van der Waals surface area (Å²) in [5, 5.41) is 3.92. The molecule has 0 atom stereocenters. The van der Waals surface area contributed by atoms with Crippen molar-refractivity contribution >= 4 is 17.3 Å². The molecule has 1 aliphatic heterocycles. The Labute approximate surface area is 108 Å². The Morgan fingerprint density at radius 2 is 2.12 bits per heavy atom. The van der Waals surface area contributed by atoms with Crippen LogP contribution in [0.1, 0.15) is 25.7 Å².